The standard InChI is InChI=1S/C16H16INO2/c1-11(15(19)13-9-5-6-10-14(13)17)18-16(20)12-7-3-2-4-8-12/h2-11,15,19H,1H3,(H,18,20). The SMILES string of the molecule is CC(NC(=O)c1ccccc1)C(O)c1ccccc1I. The van der Waals surface area contributed by atoms with Gasteiger partial charge in [-0.15, -0.1) is 0 Å². The maximum atomic E-state index is 12.1. The lowest BCUT2D eigenvalue weighted by Crippen LogP contribution is -2.37. The first-order valence-electron chi connectivity index (χ1n) is 6.38. The predicted molar refractivity (Wildman–Crippen MR) is 87.5 cm³/mol. The number of amides is 1. The summed E-state index contributed by atoms with van der Waals surface area (Å²) in [5.74, 6) is -0.178. The number of halogens is 1. The van der Waals surface area contributed by atoms with Gasteiger partial charge in [-0.1, -0.05) is 36.4 Å². The number of rotatable bonds is 4. The monoisotopic (exact) mass is 381 g/mol. The van der Waals surface area contributed by atoms with Gasteiger partial charge >= 0.3 is 0 Å². The second-order valence-electron chi connectivity index (χ2n) is 4.59. The van der Waals surface area contributed by atoms with E-state index in [9.17, 15) is 9.90 Å². The lowest BCUT2D eigenvalue weighted by atomic mass is 10.0. The van der Waals surface area contributed by atoms with Gasteiger partial charge in [-0.25, -0.2) is 0 Å². The highest BCUT2D eigenvalue weighted by Crippen LogP contribution is 2.22. The first-order valence-corrected chi connectivity index (χ1v) is 7.46. The van der Waals surface area contributed by atoms with E-state index in [-0.39, 0.29) is 11.9 Å². The van der Waals surface area contributed by atoms with Gasteiger partial charge < -0.3 is 10.4 Å². The molecule has 2 unspecified atom stereocenters. The largest absolute Gasteiger partial charge is 0.386 e. The minimum atomic E-state index is -0.726. The molecule has 2 aromatic rings. The lowest BCUT2D eigenvalue weighted by molar-refractivity contribution is 0.0851. The number of hydrogen-bond acceptors (Lipinski definition) is 2. The zero-order valence-corrected chi connectivity index (χ0v) is 13.2. The van der Waals surface area contributed by atoms with Crippen molar-refractivity contribution in [3.05, 3.63) is 69.3 Å². The second-order valence-corrected chi connectivity index (χ2v) is 5.76. The van der Waals surface area contributed by atoms with E-state index in [1.165, 1.54) is 0 Å². The van der Waals surface area contributed by atoms with Crippen molar-refractivity contribution >= 4 is 28.5 Å². The summed E-state index contributed by atoms with van der Waals surface area (Å²) in [6.07, 6.45) is -0.726. The minimum absolute atomic E-state index is 0.178. The van der Waals surface area contributed by atoms with Crippen molar-refractivity contribution in [1.29, 1.82) is 0 Å². The molecule has 0 heterocycles. The van der Waals surface area contributed by atoms with E-state index in [4.69, 9.17) is 0 Å². The summed E-state index contributed by atoms with van der Waals surface area (Å²) in [5, 5.41) is 13.2. The van der Waals surface area contributed by atoms with E-state index in [0.29, 0.717) is 5.56 Å². The predicted octanol–water partition coefficient (Wildman–Crippen LogP) is 3.14. The van der Waals surface area contributed by atoms with Crippen LogP contribution in [0.25, 0.3) is 0 Å². The molecule has 0 aliphatic heterocycles. The molecule has 0 bridgehead atoms. The number of nitrogens with one attached hydrogen (secondary N) is 1. The van der Waals surface area contributed by atoms with Crippen molar-refractivity contribution in [2.24, 2.45) is 0 Å². The third kappa shape index (κ3) is 3.58. The Kier molecular flexibility index (Phi) is 5.14. The molecule has 2 N–H and O–H groups in total. The average molecular weight is 381 g/mol. The van der Waals surface area contributed by atoms with Crippen LogP contribution < -0.4 is 5.32 Å². The molecular weight excluding hydrogens is 365 g/mol. The van der Waals surface area contributed by atoms with Crippen LogP contribution in [-0.4, -0.2) is 17.1 Å². The summed E-state index contributed by atoms with van der Waals surface area (Å²) in [6.45, 7) is 1.80. The zero-order chi connectivity index (χ0) is 14.5. The van der Waals surface area contributed by atoms with Gasteiger partial charge in [0.25, 0.3) is 5.91 Å². The summed E-state index contributed by atoms with van der Waals surface area (Å²) in [5.41, 5.74) is 1.42. The van der Waals surface area contributed by atoms with Gasteiger partial charge in [-0.3, -0.25) is 4.79 Å². The molecule has 2 aromatic carbocycles. The number of aliphatic hydroxyl groups excluding tert-OH is 1. The van der Waals surface area contributed by atoms with Crippen LogP contribution in [0.5, 0.6) is 0 Å². The number of benzene rings is 2. The first-order chi connectivity index (χ1) is 9.59. The van der Waals surface area contributed by atoms with E-state index in [1.54, 1.807) is 19.1 Å². The highest BCUT2D eigenvalue weighted by molar-refractivity contribution is 14.1. The summed E-state index contributed by atoms with van der Waals surface area (Å²) in [4.78, 5) is 12.1. The maximum Gasteiger partial charge on any atom is 0.251 e. The molecule has 0 radical (unpaired) electrons. The molecule has 0 spiro atoms. The van der Waals surface area contributed by atoms with Gasteiger partial charge in [0.05, 0.1) is 12.1 Å². The van der Waals surface area contributed by atoms with Crippen LogP contribution in [-0.2, 0) is 0 Å². The molecule has 2 atom stereocenters. The Hall–Kier alpha value is -1.40. The molecule has 0 fully saturated rings. The smallest absolute Gasteiger partial charge is 0.251 e. The van der Waals surface area contributed by atoms with Crippen molar-refractivity contribution < 1.29 is 9.90 Å². The topological polar surface area (TPSA) is 49.3 Å². The normalized spacial score (nSPS) is 13.6. The van der Waals surface area contributed by atoms with Gasteiger partial charge in [0.1, 0.15) is 0 Å². The molecule has 2 rings (SSSR count). The first kappa shape index (κ1) is 15.0. The summed E-state index contributed by atoms with van der Waals surface area (Å²) >= 11 is 2.18. The van der Waals surface area contributed by atoms with Gasteiger partial charge in [0, 0.05) is 9.13 Å². The molecule has 0 aliphatic carbocycles. The molecule has 0 aromatic heterocycles. The summed E-state index contributed by atoms with van der Waals surface area (Å²) in [6, 6.07) is 16.2. The summed E-state index contributed by atoms with van der Waals surface area (Å²) in [7, 11) is 0. The number of carbonyl (C=O) groups is 1. The zero-order valence-electron chi connectivity index (χ0n) is 11.1. The fourth-order valence-corrected chi connectivity index (χ4v) is 2.65. The van der Waals surface area contributed by atoms with Crippen molar-refractivity contribution in [1.82, 2.24) is 5.32 Å². The second kappa shape index (κ2) is 6.85. The van der Waals surface area contributed by atoms with Gasteiger partial charge in [0.15, 0.2) is 0 Å². The molecule has 4 heteroatoms. The molecule has 0 saturated heterocycles. The van der Waals surface area contributed by atoms with Crippen LogP contribution in [0.1, 0.15) is 28.9 Å². The van der Waals surface area contributed by atoms with Crippen LogP contribution >= 0.6 is 22.6 Å². The molecule has 104 valence electrons. The van der Waals surface area contributed by atoms with E-state index in [2.05, 4.69) is 27.9 Å². The van der Waals surface area contributed by atoms with Gasteiger partial charge in [-0.2, -0.15) is 0 Å². The Morgan fingerprint density at radius 3 is 2.35 bits per heavy atom. The number of carbonyl (C=O) groups excluding carboxylic acids is 1. The Bertz CT molecular complexity index is 586. The molecule has 1 amide bonds. The molecule has 0 saturated carbocycles. The molecule has 20 heavy (non-hydrogen) atoms. The Balaban J connectivity index is 2.07. The summed E-state index contributed by atoms with van der Waals surface area (Å²) < 4.78 is 0.985. The van der Waals surface area contributed by atoms with E-state index in [1.807, 2.05) is 42.5 Å². The number of aliphatic hydroxyl groups is 1. The van der Waals surface area contributed by atoms with Gasteiger partial charge in [-0.05, 0) is 53.3 Å². The van der Waals surface area contributed by atoms with Crippen LogP contribution in [0.3, 0.4) is 0 Å². The maximum absolute atomic E-state index is 12.1. The Labute approximate surface area is 132 Å². The third-order valence-corrected chi connectivity index (χ3v) is 4.07. The Morgan fingerprint density at radius 1 is 1.10 bits per heavy atom. The average Bonchev–Trinajstić information content (AvgIpc) is 2.48. The Morgan fingerprint density at radius 2 is 1.70 bits per heavy atom. The van der Waals surface area contributed by atoms with Gasteiger partial charge in [0.2, 0.25) is 0 Å². The fourth-order valence-electron chi connectivity index (χ4n) is 1.94. The van der Waals surface area contributed by atoms with Crippen LogP contribution in [0.4, 0.5) is 0 Å². The number of hydrogen-bond donors (Lipinski definition) is 2. The third-order valence-electron chi connectivity index (χ3n) is 3.09. The van der Waals surface area contributed by atoms with Crippen molar-refractivity contribution in [3.63, 3.8) is 0 Å². The molecule has 0 aliphatic rings. The van der Waals surface area contributed by atoms with Crippen LogP contribution in [0.15, 0.2) is 54.6 Å². The quantitative estimate of drug-likeness (QED) is 0.800. The molecule has 3 nitrogen and oxygen atoms in total. The van der Waals surface area contributed by atoms with Crippen LogP contribution in [0.2, 0.25) is 0 Å². The van der Waals surface area contributed by atoms with E-state index < -0.39 is 6.10 Å². The van der Waals surface area contributed by atoms with E-state index in [0.717, 1.165) is 9.13 Å². The van der Waals surface area contributed by atoms with E-state index >= 15 is 0 Å². The lowest BCUT2D eigenvalue weighted by Gasteiger charge is -2.21. The van der Waals surface area contributed by atoms with Crippen LogP contribution in [0, 0.1) is 3.57 Å². The van der Waals surface area contributed by atoms with Crippen molar-refractivity contribution in [2.75, 3.05) is 0 Å². The molecular formula is C16H16INO2. The minimum Gasteiger partial charge on any atom is -0.386 e. The van der Waals surface area contributed by atoms with Crippen molar-refractivity contribution in [3.8, 4) is 0 Å². The highest BCUT2D eigenvalue weighted by Gasteiger charge is 2.20. The fraction of sp³-hybridized carbons (Fsp3) is 0.188. The van der Waals surface area contributed by atoms with Crippen molar-refractivity contribution in [2.45, 2.75) is 19.1 Å². The highest BCUT2D eigenvalue weighted by atomic mass is 127.